The van der Waals surface area contributed by atoms with E-state index in [0.717, 1.165) is 0 Å². The van der Waals surface area contributed by atoms with Crippen molar-refractivity contribution in [2.45, 2.75) is 30.5 Å². The first kappa shape index (κ1) is 14.6. The maximum absolute atomic E-state index is 12.0. The van der Waals surface area contributed by atoms with Crippen molar-refractivity contribution in [3.05, 3.63) is 17.6 Å². The van der Waals surface area contributed by atoms with Gasteiger partial charge in [-0.1, -0.05) is 6.92 Å². The molecule has 17 heavy (non-hydrogen) atoms. The van der Waals surface area contributed by atoms with Gasteiger partial charge < -0.3 is 10.2 Å². The van der Waals surface area contributed by atoms with E-state index >= 15 is 0 Å². The predicted octanol–water partition coefficient (Wildman–Crippen LogP) is 1.08. The van der Waals surface area contributed by atoms with E-state index in [-0.39, 0.29) is 16.7 Å². The second kappa shape index (κ2) is 5.90. The maximum atomic E-state index is 12.0. The molecule has 1 rings (SSSR count). The molecule has 98 valence electrons. The molecule has 1 aromatic rings. The lowest BCUT2D eigenvalue weighted by Gasteiger charge is -2.09. The summed E-state index contributed by atoms with van der Waals surface area (Å²) in [6, 6.07) is 1.47. The molecule has 1 atom stereocenters. The number of aryl methyl sites for hydroxylation is 1. The van der Waals surface area contributed by atoms with E-state index in [1.54, 1.807) is 18.7 Å². The van der Waals surface area contributed by atoms with Crippen molar-refractivity contribution in [2.75, 3.05) is 12.8 Å². The van der Waals surface area contributed by atoms with Crippen LogP contribution in [0.4, 0.5) is 0 Å². The molecule has 0 bridgehead atoms. The van der Waals surface area contributed by atoms with E-state index in [1.807, 2.05) is 13.2 Å². The summed E-state index contributed by atoms with van der Waals surface area (Å²) in [7, 11) is -3.50. The summed E-state index contributed by atoms with van der Waals surface area (Å²) >= 11 is 1.60. The van der Waals surface area contributed by atoms with Crippen molar-refractivity contribution >= 4 is 21.8 Å². The highest BCUT2D eigenvalue weighted by Crippen LogP contribution is 2.19. The standard InChI is InChI=1S/C10H18N2O3S2/c1-7(16-3)6-12-17(13,14)10-4-9(5-11)15-8(10)2/h4,7,12H,5-6,11H2,1-3H3. The largest absolute Gasteiger partial charge is 0.464 e. The highest BCUT2D eigenvalue weighted by Gasteiger charge is 2.21. The second-order valence-electron chi connectivity index (χ2n) is 3.74. The first-order valence-electron chi connectivity index (χ1n) is 5.22. The van der Waals surface area contributed by atoms with E-state index in [4.69, 9.17) is 10.2 Å². The zero-order chi connectivity index (χ0) is 13.1. The molecule has 0 amide bonds. The van der Waals surface area contributed by atoms with Crippen molar-refractivity contribution in [1.29, 1.82) is 0 Å². The molecule has 7 heteroatoms. The van der Waals surface area contributed by atoms with Crippen molar-refractivity contribution in [3.8, 4) is 0 Å². The number of thioether (sulfide) groups is 1. The lowest BCUT2D eigenvalue weighted by molar-refractivity contribution is 0.478. The van der Waals surface area contributed by atoms with Gasteiger partial charge in [-0.3, -0.25) is 0 Å². The molecule has 0 radical (unpaired) electrons. The van der Waals surface area contributed by atoms with E-state index in [0.29, 0.717) is 18.1 Å². The number of sulfonamides is 1. The quantitative estimate of drug-likeness (QED) is 0.813. The maximum Gasteiger partial charge on any atom is 0.244 e. The minimum atomic E-state index is -3.50. The van der Waals surface area contributed by atoms with Gasteiger partial charge in [0.15, 0.2) is 0 Å². The average molecular weight is 278 g/mol. The second-order valence-corrected chi connectivity index (χ2v) is 6.75. The predicted molar refractivity (Wildman–Crippen MR) is 69.5 cm³/mol. The van der Waals surface area contributed by atoms with Gasteiger partial charge >= 0.3 is 0 Å². The Kier molecular flexibility index (Phi) is 5.05. The molecule has 0 aromatic carbocycles. The Bertz CT molecular complexity index is 468. The molecule has 1 aromatic heterocycles. The zero-order valence-corrected chi connectivity index (χ0v) is 11.8. The van der Waals surface area contributed by atoms with Gasteiger partial charge in [0.2, 0.25) is 10.0 Å². The van der Waals surface area contributed by atoms with Crippen LogP contribution in [0.1, 0.15) is 18.4 Å². The third kappa shape index (κ3) is 3.74. The van der Waals surface area contributed by atoms with Gasteiger partial charge in [0.25, 0.3) is 0 Å². The van der Waals surface area contributed by atoms with Crippen LogP contribution in [0, 0.1) is 6.92 Å². The molecule has 1 heterocycles. The number of hydrogen-bond acceptors (Lipinski definition) is 5. The van der Waals surface area contributed by atoms with Gasteiger partial charge in [0.1, 0.15) is 16.4 Å². The molecule has 0 spiro atoms. The van der Waals surface area contributed by atoms with Gasteiger partial charge in [0.05, 0.1) is 6.54 Å². The summed E-state index contributed by atoms with van der Waals surface area (Å²) in [5.41, 5.74) is 5.41. The Morgan fingerprint density at radius 3 is 2.71 bits per heavy atom. The molecule has 3 N–H and O–H groups in total. The molecule has 0 saturated carbocycles. The van der Waals surface area contributed by atoms with E-state index in [2.05, 4.69) is 4.72 Å². The summed E-state index contributed by atoms with van der Waals surface area (Å²) in [6.07, 6.45) is 1.94. The van der Waals surface area contributed by atoms with Crippen LogP contribution in [-0.2, 0) is 16.6 Å². The molecule has 0 aliphatic heterocycles. The first-order chi connectivity index (χ1) is 7.90. The Morgan fingerprint density at radius 1 is 1.59 bits per heavy atom. The van der Waals surface area contributed by atoms with Gasteiger partial charge in [-0.05, 0) is 13.2 Å². The molecule has 0 aliphatic rings. The molecule has 0 fully saturated rings. The number of rotatable bonds is 6. The van der Waals surface area contributed by atoms with Crippen LogP contribution in [0.3, 0.4) is 0 Å². The van der Waals surface area contributed by atoms with Crippen LogP contribution < -0.4 is 10.5 Å². The summed E-state index contributed by atoms with van der Waals surface area (Å²) < 4.78 is 31.8. The van der Waals surface area contributed by atoms with Crippen molar-refractivity contribution in [1.82, 2.24) is 4.72 Å². The Morgan fingerprint density at radius 2 is 2.24 bits per heavy atom. The summed E-state index contributed by atoms with van der Waals surface area (Å²) in [5, 5.41) is 0.228. The van der Waals surface area contributed by atoms with E-state index in [1.165, 1.54) is 6.07 Å². The van der Waals surface area contributed by atoms with Crippen molar-refractivity contribution < 1.29 is 12.8 Å². The van der Waals surface area contributed by atoms with E-state index in [9.17, 15) is 8.42 Å². The molecule has 1 unspecified atom stereocenters. The molecular formula is C10H18N2O3S2. The Labute approximate surface area is 106 Å². The molecular weight excluding hydrogens is 260 g/mol. The van der Waals surface area contributed by atoms with Crippen LogP contribution in [0.15, 0.2) is 15.4 Å². The smallest absolute Gasteiger partial charge is 0.244 e. The monoisotopic (exact) mass is 278 g/mol. The number of nitrogens with two attached hydrogens (primary N) is 1. The van der Waals surface area contributed by atoms with Gasteiger partial charge in [-0.2, -0.15) is 11.8 Å². The Hall–Kier alpha value is -0.500. The topological polar surface area (TPSA) is 85.3 Å². The van der Waals surface area contributed by atoms with Crippen molar-refractivity contribution in [2.24, 2.45) is 5.73 Å². The summed E-state index contributed by atoms with van der Waals surface area (Å²) in [6.45, 7) is 4.16. The third-order valence-corrected chi connectivity index (χ3v) is 4.88. The highest BCUT2D eigenvalue weighted by molar-refractivity contribution is 7.99. The Balaban J connectivity index is 2.85. The lowest BCUT2D eigenvalue weighted by atomic mass is 10.4. The lowest BCUT2D eigenvalue weighted by Crippen LogP contribution is -2.29. The number of hydrogen-bond donors (Lipinski definition) is 2. The van der Waals surface area contributed by atoms with Crippen LogP contribution in [0.25, 0.3) is 0 Å². The minimum Gasteiger partial charge on any atom is -0.464 e. The zero-order valence-electron chi connectivity index (χ0n) is 10.2. The molecule has 0 saturated heterocycles. The third-order valence-electron chi connectivity index (χ3n) is 2.38. The fraction of sp³-hybridized carbons (Fsp3) is 0.600. The van der Waals surface area contributed by atoms with Gasteiger partial charge in [-0.15, -0.1) is 0 Å². The van der Waals surface area contributed by atoms with Crippen molar-refractivity contribution in [3.63, 3.8) is 0 Å². The van der Waals surface area contributed by atoms with E-state index < -0.39 is 10.0 Å². The molecule has 5 nitrogen and oxygen atoms in total. The van der Waals surface area contributed by atoms with Crippen LogP contribution in [-0.4, -0.2) is 26.5 Å². The number of furan rings is 1. The van der Waals surface area contributed by atoms with Crippen LogP contribution in [0.2, 0.25) is 0 Å². The fourth-order valence-corrected chi connectivity index (χ4v) is 2.97. The minimum absolute atomic E-state index is 0.172. The summed E-state index contributed by atoms with van der Waals surface area (Å²) in [5.74, 6) is 0.843. The summed E-state index contributed by atoms with van der Waals surface area (Å²) in [4.78, 5) is 0.172. The SMILES string of the molecule is CSC(C)CNS(=O)(=O)c1cc(CN)oc1C. The first-order valence-corrected chi connectivity index (χ1v) is 7.99. The highest BCUT2D eigenvalue weighted by atomic mass is 32.2. The fourth-order valence-electron chi connectivity index (χ4n) is 1.28. The number of nitrogens with one attached hydrogen (secondary N) is 1. The average Bonchev–Trinajstić information content (AvgIpc) is 2.68. The normalized spacial score (nSPS) is 13.9. The van der Waals surface area contributed by atoms with Gasteiger partial charge in [0, 0.05) is 17.9 Å². The van der Waals surface area contributed by atoms with Gasteiger partial charge in [-0.25, -0.2) is 13.1 Å². The van der Waals surface area contributed by atoms with Crippen LogP contribution >= 0.6 is 11.8 Å². The van der Waals surface area contributed by atoms with Crippen LogP contribution in [0.5, 0.6) is 0 Å². The molecule has 0 aliphatic carbocycles.